The molecule has 6 nitrogen and oxygen atoms in total. The number of benzene rings is 2. The third-order valence-electron chi connectivity index (χ3n) is 4.02. The fourth-order valence-corrected chi connectivity index (χ4v) is 2.60. The lowest BCUT2D eigenvalue weighted by atomic mass is 10.1. The molecule has 138 valence electrons. The van der Waals surface area contributed by atoms with Gasteiger partial charge in [-0.1, -0.05) is 36.4 Å². The molecule has 0 saturated heterocycles. The van der Waals surface area contributed by atoms with E-state index < -0.39 is 0 Å². The van der Waals surface area contributed by atoms with Gasteiger partial charge in [-0.05, 0) is 42.7 Å². The number of rotatable bonds is 8. The van der Waals surface area contributed by atoms with Crippen LogP contribution >= 0.6 is 0 Å². The molecule has 0 bridgehead atoms. The molecule has 2 N–H and O–H groups in total. The van der Waals surface area contributed by atoms with Gasteiger partial charge in [0.15, 0.2) is 5.69 Å². The van der Waals surface area contributed by atoms with Crippen molar-refractivity contribution >= 4 is 17.4 Å². The van der Waals surface area contributed by atoms with Gasteiger partial charge in [0.2, 0.25) is 0 Å². The lowest BCUT2D eigenvalue weighted by Crippen LogP contribution is -2.15. The molecule has 3 aromatic rings. The number of anilines is 2. The van der Waals surface area contributed by atoms with Gasteiger partial charge >= 0.3 is 0 Å². The minimum atomic E-state index is -0.314. The number of methoxy groups -OCH3 is 1. The molecular weight excluding hydrogens is 340 g/mol. The molecule has 0 aliphatic rings. The second kappa shape index (κ2) is 9.33. The number of carbonyl (C=O) groups excluding carboxylic acids is 1. The molecule has 6 heteroatoms. The van der Waals surface area contributed by atoms with Gasteiger partial charge in [-0.25, -0.2) is 0 Å². The zero-order chi connectivity index (χ0) is 18.9. The van der Waals surface area contributed by atoms with E-state index in [4.69, 9.17) is 4.74 Å². The topological polar surface area (TPSA) is 76.1 Å². The van der Waals surface area contributed by atoms with Crippen molar-refractivity contribution in [3.63, 3.8) is 0 Å². The van der Waals surface area contributed by atoms with E-state index in [1.807, 2.05) is 30.3 Å². The number of ether oxygens (including phenoxy) is 1. The highest BCUT2D eigenvalue weighted by atomic mass is 16.5. The van der Waals surface area contributed by atoms with Crippen LogP contribution in [-0.4, -0.2) is 29.8 Å². The Morgan fingerprint density at radius 2 is 1.85 bits per heavy atom. The van der Waals surface area contributed by atoms with Crippen molar-refractivity contribution in [2.75, 3.05) is 24.3 Å². The third kappa shape index (κ3) is 5.54. The highest BCUT2D eigenvalue weighted by molar-refractivity contribution is 6.02. The maximum atomic E-state index is 12.3. The van der Waals surface area contributed by atoms with Gasteiger partial charge in [-0.15, -0.1) is 10.2 Å². The number of nitrogens with one attached hydrogen (secondary N) is 2. The van der Waals surface area contributed by atoms with Crippen LogP contribution in [0.25, 0.3) is 0 Å². The van der Waals surface area contributed by atoms with Crippen molar-refractivity contribution in [1.29, 1.82) is 0 Å². The van der Waals surface area contributed by atoms with Crippen LogP contribution in [-0.2, 0) is 6.42 Å². The molecule has 1 heterocycles. The zero-order valence-electron chi connectivity index (χ0n) is 15.2. The maximum absolute atomic E-state index is 12.3. The van der Waals surface area contributed by atoms with E-state index >= 15 is 0 Å². The summed E-state index contributed by atoms with van der Waals surface area (Å²) < 4.78 is 5.15. The summed E-state index contributed by atoms with van der Waals surface area (Å²) in [6, 6.07) is 20.9. The summed E-state index contributed by atoms with van der Waals surface area (Å²) in [6.45, 7) is 0.791. The van der Waals surface area contributed by atoms with E-state index in [2.05, 4.69) is 33.0 Å². The molecule has 0 aliphatic carbocycles. The van der Waals surface area contributed by atoms with Gasteiger partial charge in [-0.3, -0.25) is 4.79 Å². The monoisotopic (exact) mass is 362 g/mol. The Bertz CT molecular complexity index is 867. The van der Waals surface area contributed by atoms with Gasteiger partial charge in [0.1, 0.15) is 11.6 Å². The third-order valence-corrected chi connectivity index (χ3v) is 4.02. The predicted molar refractivity (Wildman–Crippen MR) is 106 cm³/mol. The second-order valence-electron chi connectivity index (χ2n) is 6.01. The molecule has 0 unspecified atom stereocenters. The summed E-state index contributed by atoms with van der Waals surface area (Å²) in [5.74, 6) is 1.02. The summed E-state index contributed by atoms with van der Waals surface area (Å²) in [7, 11) is 1.58. The minimum absolute atomic E-state index is 0.257. The quantitative estimate of drug-likeness (QED) is 0.597. The maximum Gasteiger partial charge on any atom is 0.276 e. The van der Waals surface area contributed by atoms with E-state index in [1.54, 1.807) is 31.4 Å². The Balaban J connectivity index is 1.48. The van der Waals surface area contributed by atoms with Crippen molar-refractivity contribution in [2.45, 2.75) is 12.8 Å². The van der Waals surface area contributed by atoms with Crippen LogP contribution in [0.4, 0.5) is 11.5 Å². The molecule has 2 aromatic carbocycles. The van der Waals surface area contributed by atoms with Crippen molar-refractivity contribution in [3.8, 4) is 5.75 Å². The van der Waals surface area contributed by atoms with Crippen LogP contribution in [0.5, 0.6) is 5.75 Å². The van der Waals surface area contributed by atoms with Crippen LogP contribution in [0.2, 0.25) is 0 Å². The molecule has 1 aromatic heterocycles. The van der Waals surface area contributed by atoms with Gasteiger partial charge in [0, 0.05) is 18.3 Å². The smallest absolute Gasteiger partial charge is 0.276 e. The van der Waals surface area contributed by atoms with Gasteiger partial charge in [0.05, 0.1) is 7.11 Å². The first-order valence-corrected chi connectivity index (χ1v) is 8.81. The lowest BCUT2D eigenvalue weighted by Gasteiger charge is -2.07. The number of hydrogen-bond donors (Lipinski definition) is 2. The number of nitrogens with zero attached hydrogens (tertiary/aromatic N) is 2. The number of carbonyl (C=O) groups is 1. The number of hydrogen-bond acceptors (Lipinski definition) is 5. The van der Waals surface area contributed by atoms with Crippen LogP contribution in [0, 0.1) is 0 Å². The molecule has 0 fully saturated rings. The van der Waals surface area contributed by atoms with E-state index in [0.29, 0.717) is 17.3 Å². The fraction of sp³-hybridized carbons (Fsp3) is 0.190. The molecule has 0 spiro atoms. The van der Waals surface area contributed by atoms with Crippen LogP contribution in [0.1, 0.15) is 22.5 Å². The van der Waals surface area contributed by atoms with Crippen LogP contribution in [0.15, 0.2) is 66.7 Å². The Labute approximate surface area is 158 Å². The van der Waals surface area contributed by atoms with Crippen LogP contribution < -0.4 is 15.4 Å². The fourth-order valence-electron chi connectivity index (χ4n) is 2.60. The van der Waals surface area contributed by atoms with Gasteiger partial charge in [-0.2, -0.15) is 0 Å². The molecule has 0 saturated carbocycles. The van der Waals surface area contributed by atoms with Crippen molar-refractivity contribution in [3.05, 3.63) is 78.0 Å². The number of aryl methyl sites for hydroxylation is 1. The van der Waals surface area contributed by atoms with Crippen molar-refractivity contribution < 1.29 is 9.53 Å². The molecule has 3 rings (SSSR count). The van der Waals surface area contributed by atoms with E-state index in [0.717, 1.165) is 19.4 Å². The van der Waals surface area contributed by atoms with Crippen molar-refractivity contribution in [2.24, 2.45) is 0 Å². The average Bonchev–Trinajstić information content (AvgIpc) is 2.72. The summed E-state index contributed by atoms with van der Waals surface area (Å²) in [4.78, 5) is 12.3. The van der Waals surface area contributed by atoms with Crippen molar-refractivity contribution in [1.82, 2.24) is 10.2 Å². The standard InChI is InChI=1S/C21H22N4O2/c1-27-18-11-5-10-17(15-18)23-21(26)19-12-13-20(25-24-19)22-14-6-9-16-7-3-2-4-8-16/h2-5,7-8,10-13,15H,6,9,14H2,1H3,(H,22,25)(H,23,26). The summed E-state index contributed by atoms with van der Waals surface area (Å²) in [6.07, 6.45) is 1.99. The summed E-state index contributed by atoms with van der Waals surface area (Å²) >= 11 is 0. The molecule has 0 aliphatic heterocycles. The summed E-state index contributed by atoms with van der Waals surface area (Å²) in [5, 5.41) is 14.1. The first-order valence-electron chi connectivity index (χ1n) is 8.81. The highest BCUT2D eigenvalue weighted by Gasteiger charge is 2.09. The Morgan fingerprint density at radius 1 is 1.00 bits per heavy atom. The largest absolute Gasteiger partial charge is 0.497 e. The first kappa shape index (κ1) is 18.4. The molecule has 1 amide bonds. The Hall–Kier alpha value is -3.41. The lowest BCUT2D eigenvalue weighted by molar-refractivity contribution is 0.102. The molecule has 27 heavy (non-hydrogen) atoms. The minimum Gasteiger partial charge on any atom is -0.497 e. The zero-order valence-corrected chi connectivity index (χ0v) is 15.2. The second-order valence-corrected chi connectivity index (χ2v) is 6.01. The molecule has 0 radical (unpaired) electrons. The van der Waals surface area contributed by atoms with E-state index in [-0.39, 0.29) is 11.6 Å². The normalized spacial score (nSPS) is 10.3. The van der Waals surface area contributed by atoms with E-state index in [9.17, 15) is 4.79 Å². The molecule has 0 atom stereocenters. The Morgan fingerprint density at radius 3 is 2.59 bits per heavy atom. The summed E-state index contributed by atoms with van der Waals surface area (Å²) in [5.41, 5.74) is 2.21. The first-order chi connectivity index (χ1) is 13.2. The number of aromatic nitrogens is 2. The van der Waals surface area contributed by atoms with Gasteiger partial charge < -0.3 is 15.4 Å². The highest BCUT2D eigenvalue weighted by Crippen LogP contribution is 2.17. The molecular formula is C21H22N4O2. The number of amides is 1. The SMILES string of the molecule is COc1cccc(NC(=O)c2ccc(NCCCc3ccccc3)nn2)c1. The Kier molecular flexibility index (Phi) is 6.35. The van der Waals surface area contributed by atoms with Crippen LogP contribution in [0.3, 0.4) is 0 Å². The average molecular weight is 362 g/mol. The predicted octanol–water partition coefficient (Wildman–Crippen LogP) is 3.78. The van der Waals surface area contributed by atoms with E-state index in [1.165, 1.54) is 5.56 Å². The van der Waals surface area contributed by atoms with Gasteiger partial charge in [0.25, 0.3) is 5.91 Å².